The maximum absolute atomic E-state index is 11.9. The molecule has 0 heterocycles. The molecule has 1 fully saturated rings. The normalized spacial score (nSPS) is 17.0. The van der Waals surface area contributed by atoms with Gasteiger partial charge in [0.2, 0.25) is 0 Å². The first-order valence-electron chi connectivity index (χ1n) is 8.27. The van der Waals surface area contributed by atoms with Gasteiger partial charge in [0.05, 0.1) is 6.54 Å². The highest BCUT2D eigenvalue weighted by atomic mass is 16.5. The van der Waals surface area contributed by atoms with Crippen LogP contribution < -0.4 is 10.1 Å². The van der Waals surface area contributed by atoms with Crippen molar-refractivity contribution in [2.45, 2.75) is 32.1 Å². The second kappa shape index (κ2) is 9.61. The molecule has 0 aliphatic heterocycles. The topological polar surface area (TPSA) is 64.6 Å². The van der Waals surface area contributed by atoms with Gasteiger partial charge in [0.15, 0.2) is 6.61 Å². The van der Waals surface area contributed by atoms with Crippen molar-refractivity contribution in [3.63, 3.8) is 0 Å². The van der Waals surface area contributed by atoms with Crippen LogP contribution in [0.2, 0.25) is 0 Å². The van der Waals surface area contributed by atoms with E-state index in [0.717, 1.165) is 43.4 Å². The molecule has 5 heteroatoms. The van der Waals surface area contributed by atoms with E-state index in [2.05, 4.69) is 16.0 Å². The highest BCUT2D eigenvalue weighted by Crippen LogP contribution is 2.25. The van der Waals surface area contributed by atoms with E-state index in [0.29, 0.717) is 18.9 Å². The van der Waals surface area contributed by atoms with E-state index < -0.39 is 6.09 Å². The predicted molar refractivity (Wildman–Crippen MR) is 90.8 cm³/mol. The molecule has 2 rings (SSSR count). The van der Waals surface area contributed by atoms with Crippen molar-refractivity contribution in [2.24, 2.45) is 5.92 Å². The van der Waals surface area contributed by atoms with Crippen LogP contribution in [0.3, 0.4) is 0 Å². The van der Waals surface area contributed by atoms with Crippen LogP contribution >= 0.6 is 0 Å². The molecule has 1 aromatic carbocycles. The average Bonchev–Trinajstić information content (AvgIpc) is 2.60. The van der Waals surface area contributed by atoms with Crippen LogP contribution in [0.25, 0.3) is 0 Å². The molecule has 1 aliphatic carbocycles. The fraction of sp³-hybridized carbons (Fsp3) is 0.474. The summed E-state index contributed by atoms with van der Waals surface area (Å²) in [5.41, 5.74) is 1.15. The lowest BCUT2D eigenvalue weighted by molar-refractivity contribution is -0.124. The van der Waals surface area contributed by atoms with Crippen molar-refractivity contribution < 1.29 is 19.1 Å². The van der Waals surface area contributed by atoms with E-state index in [4.69, 9.17) is 11.2 Å². The van der Waals surface area contributed by atoms with Crippen molar-refractivity contribution in [3.8, 4) is 18.1 Å². The molecule has 0 aromatic heterocycles. The minimum atomic E-state index is -0.552. The lowest BCUT2D eigenvalue weighted by atomic mass is 9.84. The van der Waals surface area contributed by atoms with Crippen LogP contribution in [-0.4, -0.2) is 31.6 Å². The Bertz CT molecular complexity index is 588. The monoisotopic (exact) mass is 329 g/mol. The lowest BCUT2D eigenvalue weighted by Crippen LogP contribution is -2.28. The van der Waals surface area contributed by atoms with Gasteiger partial charge in [0.25, 0.3) is 0 Å². The molecule has 24 heavy (non-hydrogen) atoms. The Morgan fingerprint density at radius 2 is 2.08 bits per heavy atom. The van der Waals surface area contributed by atoms with Crippen molar-refractivity contribution >= 4 is 11.9 Å². The predicted octanol–water partition coefficient (Wildman–Crippen LogP) is 2.73. The second-order valence-electron chi connectivity index (χ2n) is 5.81. The maximum Gasteiger partial charge on any atom is 0.408 e. The number of Topliss-reactive ketones (excluding diaryl/α,β-unsaturated/α-hetero) is 1. The Morgan fingerprint density at radius 3 is 2.79 bits per heavy atom. The van der Waals surface area contributed by atoms with Crippen molar-refractivity contribution in [1.82, 2.24) is 5.32 Å². The molecule has 0 saturated heterocycles. The molecule has 1 atom stereocenters. The molecule has 0 bridgehead atoms. The summed E-state index contributed by atoms with van der Waals surface area (Å²) in [6.07, 6.45) is 9.15. The number of ketones is 1. The Hall–Kier alpha value is -2.48. The number of terminal acetylenes is 1. The van der Waals surface area contributed by atoms with Gasteiger partial charge in [-0.2, -0.15) is 0 Å². The standard InChI is InChI=1S/C19H23NO4/c1-2-12-24-19(22)20-11-13-23-17-9-7-15(8-10-17)14-16-5-3-4-6-18(16)21/h1,7-10,16H,3-6,11-14H2,(H,20,22). The van der Waals surface area contributed by atoms with Crippen LogP contribution in [0, 0.1) is 18.3 Å². The van der Waals surface area contributed by atoms with Crippen LogP contribution in [0.15, 0.2) is 24.3 Å². The van der Waals surface area contributed by atoms with Crippen LogP contribution in [0.5, 0.6) is 5.75 Å². The molecule has 1 saturated carbocycles. The number of ether oxygens (including phenoxy) is 2. The van der Waals surface area contributed by atoms with Gasteiger partial charge in [0, 0.05) is 12.3 Å². The summed E-state index contributed by atoms with van der Waals surface area (Å²) in [6, 6.07) is 7.76. The van der Waals surface area contributed by atoms with Gasteiger partial charge < -0.3 is 14.8 Å². The number of hydrogen-bond acceptors (Lipinski definition) is 4. The number of benzene rings is 1. The van der Waals surface area contributed by atoms with Gasteiger partial charge in [-0.15, -0.1) is 6.42 Å². The first kappa shape index (κ1) is 17.9. The number of carbonyl (C=O) groups is 2. The van der Waals surface area contributed by atoms with E-state index >= 15 is 0 Å². The Balaban J connectivity index is 1.69. The Kier molecular flexibility index (Phi) is 7.16. The SMILES string of the molecule is C#CCOC(=O)NCCOc1ccc(CC2CCCCC2=O)cc1. The largest absolute Gasteiger partial charge is 0.492 e. The third-order valence-corrected chi connectivity index (χ3v) is 4.01. The fourth-order valence-corrected chi connectivity index (χ4v) is 2.76. The molecule has 1 unspecified atom stereocenters. The zero-order valence-electron chi connectivity index (χ0n) is 13.8. The van der Waals surface area contributed by atoms with E-state index in [1.165, 1.54) is 0 Å². The van der Waals surface area contributed by atoms with Crippen LogP contribution in [-0.2, 0) is 16.0 Å². The molecule has 0 spiro atoms. The molecule has 128 valence electrons. The first-order chi connectivity index (χ1) is 11.7. The number of carbonyl (C=O) groups excluding carboxylic acids is 2. The maximum atomic E-state index is 11.9. The van der Waals surface area contributed by atoms with E-state index in [1.54, 1.807) is 0 Å². The molecule has 5 nitrogen and oxygen atoms in total. The number of amides is 1. The van der Waals surface area contributed by atoms with Crippen molar-refractivity contribution in [3.05, 3.63) is 29.8 Å². The Morgan fingerprint density at radius 1 is 1.29 bits per heavy atom. The Labute approximate surface area is 142 Å². The van der Waals surface area contributed by atoms with E-state index in [1.807, 2.05) is 24.3 Å². The molecule has 1 aliphatic rings. The summed E-state index contributed by atoms with van der Waals surface area (Å²) < 4.78 is 10.2. The molecule has 1 aromatic rings. The number of alkyl carbamates (subject to hydrolysis) is 1. The third-order valence-electron chi connectivity index (χ3n) is 4.01. The summed E-state index contributed by atoms with van der Waals surface area (Å²) in [6.45, 7) is 0.630. The summed E-state index contributed by atoms with van der Waals surface area (Å²) in [5.74, 6) is 3.51. The minimum Gasteiger partial charge on any atom is -0.492 e. The summed E-state index contributed by atoms with van der Waals surface area (Å²) >= 11 is 0. The minimum absolute atomic E-state index is 0.0440. The summed E-state index contributed by atoms with van der Waals surface area (Å²) in [7, 11) is 0. The van der Waals surface area contributed by atoms with Gasteiger partial charge in [-0.25, -0.2) is 4.79 Å². The zero-order valence-corrected chi connectivity index (χ0v) is 13.8. The summed E-state index contributed by atoms with van der Waals surface area (Å²) in [5, 5.41) is 2.54. The van der Waals surface area contributed by atoms with Crippen molar-refractivity contribution in [2.75, 3.05) is 19.8 Å². The molecule has 0 radical (unpaired) electrons. The molecular formula is C19H23NO4. The van der Waals surface area contributed by atoms with Gasteiger partial charge in [-0.1, -0.05) is 24.5 Å². The second-order valence-corrected chi connectivity index (χ2v) is 5.81. The van der Waals surface area contributed by atoms with Crippen LogP contribution in [0.4, 0.5) is 4.79 Å². The van der Waals surface area contributed by atoms with Crippen LogP contribution in [0.1, 0.15) is 31.2 Å². The van der Waals surface area contributed by atoms with Crippen molar-refractivity contribution in [1.29, 1.82) is 0 Å². The van der Waals surface area contributed by atoms with E-state index in [-0.39, 0.29) is 12.5 Å². The highest BCUT2D eigenvalue weighted by Gasteiger charge is 2.22. The van der Waals surface area contributed by atoms with Gasteiger partial charge in [-0.3, -0.25) is 4.79 Å². The van der Waals surface area contributed by atoms with Gasteiger partial charge in [0.1, 0.15) is 18.1 Å². The van der Waals surface area contributed by atoms with E-state index in [9.17, 15) is 9.59 Å². The number of nitrogens with one attached hydrogen (secondary N) is 1. The molecular weight excluding hydrogens is 306 g/mol. The number of rotatable bonds is 7. The first-order valence-corrected chi connectivity index (χ1v) is 8.27. The summed E-state index contributed by atoms with van der Waals surface area (Å²) in [4.78, 5) is 23.0. The smallest absolute Gasteiger partial charge is 0.408 e. The molecule has 1 amide bonds. The average molecular weight is 329 g/mol. The third kappa shape index (κ3) is 5.96. The quantitative estimate of drug-likeness (QED) is 0.617. The van der Waals surface area contributed by atoms with Gasteiger partial charge >= 0.3 is 6.09 Å². The fourth-order valence-electron chi connectivity index (χ4n) is 2.76. The van der Waals surface area contributed by atoms with Gasteiger partial charge in [-0.05, 0) is 37.0 Å². The lowest BCUT2D eigenvalue weighted by Gasteiger charge is -2.20. The molecule has 1 N–H and O–H groups in total. The zero-order chi connectivity index (χ0) is 17.2. The highest BCUT2D eigenvalue weighted by molar-refractivity contribution is 5.81. The number of hydrogen-bond donors (Lipinski definition) is 1.